The van der Waals surface area contributed by atoms with Crippen molar-refractivity contribution >= 4 is 22.5 Å². The molecule has 3 atom stereocenters. The van der Waals surface area contributed by atoms with Crippen molar-refractivity contribution in [1.29, 1.82) is 0 Å². The molecule has 3 heterocycles. The molecule has 0 N–H and O–H groups in total. The van der Waals surface area contributed by atoms with E-state index in [2.05, 4.69) is 11.8 Å². The van der Waals surface area contributed by atoms with Crippen LogP contribution in [0.3, 0.4) is 0 Å². The van der Waals surface area contributed by atoms with Gasteiger partial charge in [0.1, 0.15) is 5.82 Å². The molecule has 2 fully saturated rings. The van der Waals surface area contributed by atoms with Gasteiger partial charge in [0.25, 0.3) is 0 Å². The molecular formula is C20H25FN4OS. The molecule has 0 bridgehead atoms. The number of urea groups is 1. The van der Waals surface area contributed by atoms with Crippen molar-refractivity contribution in [3.05, 3.63) is 46.2 Å². The van der Waals surface area contributed by atoms with Crippen molar-refractivity contribution in [2.75, 3.05) is 38.6 Å². The maximum Gasteiger partial charge on any atom is 0.320 e. The number of benzene rings is 1. The molecule has 27 heavy (non-hydrogen) atoms. The summed E-state index contributed by atoms with van der Waals surface area (Å²) in [5.41, 5.74) is 1.96. The molecule has 0 saturated carbocycles. The minimum absolute atomic E-state index is 0.00820. The summed E-state index contributed by atoms with van der Waals surface area (Å²) in [6, 6.07) is 6.58. The largest absolute Gasteiger partial charge is 0.347 e. The molecule has 0 spiro atoms. The van der Waals surface area contributed by atoms with Crippen LogP contribution in [0.1, 0.15) is 22.2 Å². The van der Waals surface area contributed by atoms with Gasteiger partial charge in [-0.15, -0.1) is 11.3 Å². The van der Waals surface area contributed by atoms with Gasteiger partial charge < -0.3 is 14.7 Å². The van der Waals surface area contributed by atoms with Gasteiger partial charge in [-0.1, -0.05) is 12.1 Å². The number of rotatable bonds is 2. The van der Waals surface area contributed by atoms with E-state index in [4.69, 9.17) is 4.98 Å². The average molecular weight is 389 g/mol. The van der Waals surface area contributed by atoms with Crippen molar-refractivity contribution < 1.29 is 9.18 Å². The van der Waals surface area contributed by atoms with Gasteiger partial charge in [0, 0.05) is 50.4 Å². The lowest BCUT2D eigenvalue weighted by Gasteiger charge is -2.31. The highest BCUT2D eigenvalue weighted by atomic mass is 32.1. The highest BCUT2D eigenvalue weighted by Crippen LogP contribution is 2.46. The zero-order valence-corrected chi connectivity index (χ0v) is 17.0. The fraction of sp³-hybridized carbons (Fsp3) is 0.500. The lowest BCUT2D eigenvalue weighted by Crippen LogP contribution is -2.41. The number of aromatic nitrogens is 1. The van der Waals surface area contributed by atoms with Crippen molar-refractivity contribution in [3.63, 3.8) is 0 Å². The number of amides is 2. The lowest BCUT2D eigenvalue weighted by molar-refractivity contribution is 0.159. The van der Waals surface area contributed by atoms with Crippen LogP contribution >= 0.6 is 11.3 Å². The maximum absolute atomic E-state index is 13.9. The quantitative estimate of drug-likeness (QED) is 0.788. The first-order chi connectivity index (χ1) is 12.8. The van der Waals surface area contributed by atoms with Crippen LogP contribution in [0.4, 0.5) is 14.3 Å². The Morgan fingerprint density at radius 2 is 2.04 bits per heavy atom. The molecule has 2 aromatic rings. The number of thiazole rings is 1. The predicted octanol–water partition coefficient (Wildman–Crippen LogP) is 3.69. The SMILES string of the molecule is Cc1nc(N2C[C@@H]3CN(C(=O)N(C)C)[C@H](c4cccc(F)c4)[C@@H]3C2)sc1C. The molecule has 144 valence electrons. The Morgan fingerprint density at radius 1 is 1.26 bits per heavy atom. The second kappa shape index (κ2) is 6.78. The van der Waals surface area contributed by atoms with Crippen LogP contribution in [-0.2, 0) is 0 Å². The molecule has 2 aliphatic heterocycles. The third-order valence-corrected chi connectivity index (χ3v) is 6.90. The Balaban J connectivity index is 1.65. The number of fused-ring (bicyclic) bond motifs is 1. The second-order valence-electron chi connectivity index (χ2n) is 7.80. The number of carbonyl (C=O) groups is 1. The molecule has 1 aromatic heterocycles. The van der Waals surface area contributed by atoms with Crippen molar-refractivity contribution in [2.24, 2.45) is 11.8 Å². The van der Waals surface area contributed by atoms with Gasteiger partial charge in [-0.2, -0.15) is 0 Å². The third kappa shape index (κ3) is 3.18. The fourth-order valence-electron chi connectivity index (χ4n) is 4.36. The Hall–Kier alpha value is -2.15. The number of nitrogens with zero attached hydrogens (tertiary/aromatic N) is 4. The fourth-order valence-corrected chi connectivity index (χ4v) is 5.29. The number of anilines is 1. The average Bonchev–Trinajstić information content (AvgIpc) is 3.26. The first kappa shape index (κ1) is 18.2. The van der Waals surface area contributed by atoms with Gasteiger partial charge in [0.2, 0.25) is 0 Å². The first-order valence-corrected chi connectivity index (χ1v) is 10.1. The summed E-state index contributed by atoms with van der Waals surface area (Å²) >= 11 is 1.73. The minimum Gasteiger partial charge on any atom is -0.347 e. The minimum atomic E-state index is -0.255. The van der Waals surface area contributed by atoms with E-state index in [0.29, 0.717) is 12.5 Å². The molecular weight excluding hydrogens is 363 g/mol. The summed E-state index contributed by atoms with van der Waals surface area (Å²) in [5.74, 6) is 0.390. The number of hydrogen-bond acceptors (Lipinski definition) is 4. The summed E-state index contributed by atoms with van der Waals surface area (Å²) in [7, 11) is 3.54. The van der Waals surface area contributed by atoms with Crippen LogP contribution in [0.25, 0.3) is 0 Å². The Bertz CT molecular complexity index is 848. The van der Waals surface area contributed by atoms with E-state index in [0.717, 1.165) is 29.5 Å². The predicted molar refractivity (Wildman–Crippen MR) is 106 cm³/mol. The van der Waals surface area contributed by atoms with Gasteiger partial charge in [0.15, 0.2) is 5.13 Å². The molecule has 2 saturated heterocycles. The number of hydrogen-bond donors (Lipinski definition) is 0. The summed E-state index contributed by atoms with van der Waals surface area (Å²) < 4.78 is 13.9. The van der Waals surface area contributed by atoms with Crippen molar-refractivity contribution in [2.45, 2.75) is 19.9 Å². The molecule has 0 unspecified atom stereocenters. The van der Waals surface area contributed by atoms with E-state index in [9.17, 15) is 9.18 Å². The topological polar surface area (TPSA) is 39.7 Å². The number of aryl methyl sites for hydroxylation is 2. The van der Waals surface area contributed by atoms with Crippen LogP contribution in [0.15, 0.2) is 24.3 Å². The maximum atomic E-state index is 13.9. The van der Waals surface area contributed by atoms with Crippen molar-refractivity contribution in [3.8, 4) is 0 Å². The third-order valence-electron chi connectivity index (χ3n) is 5.77. The lowest BCUT2D eigenvalue weighted by atomic mass is 9.89. The van der Waals surface area contributed by atoms with Crippen LogP contribution in [0.5, 0.6) is 0 Å². The molecule has 7 heteroatoms. The van der Waals surface area contributed by atoms with Crippen LogP contribution in [0, 0.1) is 31.5 Å². The standard InChI is InChI=1S/C20H25FN4OS/c1-12-13(2)27-19(22-12)24-9-15-10-25(20(26)23(3)4)18(17(15)11-24)14-6-5-7-16(21)8-14/h5-8,15,17-18H,9-11H2,1-4H3/t15-,17-,18-/m1/s1. The van der Waals surface area contributed by atoms with E-state index in [1.165, 1.54) is 10.9 Å². The van der Waals surface area contributed by atoms with Gasteiger partial charge in [0.05, 0.1) is 11.7 Å². The highest BCUT2D eigenvalue weighted by molar-refractivity contribution is 7.15. The monoisotopic (exact) mass is 388 g/mol. The molecule has 4 rings (SSSR count). The first-order valence-electron chi connectivity index (χ1n) is 9.27. The Morgan fingerprint density at radius 3 is 2.67 bits per heavy atom. The molecule has 1 aromatic carbocycles. The molecule has 5 nitrogen and oxygen atoms in total. The van der Waals surface area contributed by atoms with E-state index < -0.39 is 0 Å². The smallest absolute Gasteiger partial charge is 0.320 e. The van der Waals surface area contributed by atoms with Crippen LogP contribution < -0.4 is 4.90 Å². The second-order valence-corrected chi connectivity index (χ2v) is 8.98. The zero-order chi connectivity index (χ0) is 19.3. The number of halogens is 1. The molecule has 0 aliphatic carbocycles. The van der Waals surface area contributed by atoms with Crippen LogP contribution in [-0.4, -0.2) is 54.5 Å². The number of likely N-dealkylation sites (tertiary alicyclic amines) is 1. The van der Waals surface area contributed by atoms with E-state index in [1.807, 2.05) is 17.9 Å². The summed E-state index contributed by atoms with van der Waals surface area (Å²) in [4.78, 5) is 24.6. The zero-order valence-electron chi connectivity index (χ0n) is 16.1. The summed E-state index contributed by atoms with van der Waals surface area (Å²) in [6.07, 6.45) is 0. The van der Waals surface area contributed by atoms with E-state index in [1.54, 1.807) is 42.5 Å². The van der Waals surface area contributed by atoms with E-state index >= 15 is 0 Å². The Kier molecular flexibility index (Phi) is 4.58. The highest BCUT2D eigenvalue weighted by Gasteiger charge is 2.50. The van der Waals surface area contributed by atoms with Gasteiger partial charge >= 0.3 is 6.03 Å². The summed E-state index contributed by atoms with van der Waals surface area (Å²) in [5, 5.41) is 1.06. The van der Waals surface area contributed by atoms with Gasteiger partial charge in [-0.3, -0.25) is 0 Å². The van der Waals surface area contributed by atoms with Gasteiger partial charge in [-0.05, 0) is 31.5 Å². The normalized spacial score (nSPS) is 24.4. The molecule has 0 radical (unpaired) electrons. The molecule has 2 amide bonds. The molecule has 2 aliphatic rings. The summed E-state index contributed by atoms with van der Waals surface area (Å²) in [6.45, 7) is 6.57. The van der Waals surface area contributed by atoms with E-state index in [-0.39, 0.29) is 23.8 Å². The Labute approximate surface area is 163 Å². The van der Waals surface area contributed by atoms with Gasteiger partial charge in [-0.25, -0.2) is 14.2 Å². The number of carbonyl (C=O) groups excluding carboxylic acids is 1. The van der Waals surface area contributed by atoms with Crippen LogP contribution in [0.2, 0.25) is 0 Å². The van der Waals surface area contributed by atoms with Crippen molar-refractivity contribution in [1.82, 2.24) is 14.8 Å².